The number of hydrogen-bond acceptors (Lipinski definition) is 4. The van der Waals surface area contributed by atoms with Crippen LogP contribution in [-0.2, 0) is 16.1 Å². The summed E-state index contributed by atoms with van der Waals surface area (Å²) in [5.74, 6) is 1.24. The molecule has 0 saturated carbocycles. The second kappa shape index (κ2) is 7.35. The standard InChI is InChI=1S/C19H22N2O3S/c1-13-4-7-16(24-13)12-20(2)19(23)14-10-18(22)21(11-14)15-5-8-17(25-3)9-6-15/h4-9,14H,10-12H2,1-3H3. The molecule has 5 nitrogen and oxygen atoms in total. The van der Waals surface area contributed by atoms with Crippen molar-refractivity contribution in [2.24, 2.45) is 5.92 Å². The number of nitrogens with zero attached hydrogens (tertiary/aromatic N) is 2. The lowest BCUT2D eigenvalue weighted by atomic mass is 10.1. The molecule has 25 heavy (non-hydrogen) atoms. The monoisotopic (exact) mass is 358 g/mol. The number of hydrogen-bond donors (Lipinski definition) is 0. The first-order valence-electron chi connectivity index (χ1n) is 8.22. The van der Waals surface area contributed by atoms with Crippen molar-refractivity contribution in [2.45, 2.75) is 24.8 Å². The molecule has 2 aromatic rings. The third-order valence-electron chi connectivity index (χ3n) is 4.42. The maximum atomic E-state index is 12.7. The van der Waals surface area contributed by atoms with Crippen LogP contribution in [0, 0.1) is 12.8 Å². The lowest BCUT2D eigenvalue weighted by Crippen LogP contribution is -2.34. The van der Waals surface area contributed by atoms with Gasteiger partial charge in [-0.05, 0) is 49.6 Å². The highest BCUT2D eigenvalue weighted by Crippen LogP contribution is 2.28. The molecule has 1 aromatic heterocycles. The number of carbonyl (C=O) groups is 2. The largest absolute Gasteiger partial charge is 0.464 e. The molecule has 0 bridgehead atoms. The Labute approximate surface area is 152 Å². The highest BCUT2D eigenvalue weighted by atomic mass is 32.2. The molecule has 1 atom stereocenters. The van der Waals surface area contributed by atoms with E-state index in [2.05, 4.69) is 0 Å². The summed E-state index contributed by atoms with van der Waals surface area (Å²) in [5, 5.41) is 0. The predicted octanol–water partition coefficient (Wildman–Crippen LogP) is 3.32. The second-order valence-corrected chi connectivity index (χ2v) is 7.19. The minimum absolute atomic E-state index is 0.00232. The zero-order chi connectivity index (χ0) is 18.0. The summed E-state index contributed by atoms with van der Waals surface area (Å²) in [7, 11) is 1.75. The summed E-state index contributed by atoms with van der Waals surface area (Å²) in [5.41, 5.74) is 0.849. The van der Waals surface area contributed by atoms with Gasteiger partial charge >= 0.3 is 0 Å². The van der Waals surface area contributed by atoms with Crippen LogP contribution in [-0.4, -0.2) is 36.6 Å². The van der Waals surface area contributed by atoms with Gasteiger partial charge in [-0.3, -0.25) is 9.59 Å². The van der Waals surface area contributed by atoms with Crippen molar-refractivity contribution in [3.63, 3.8) is 0 Å². The van der Waals surface area contributed by atoms with Crippen LogP contribution in [0.5, 0.6) is 0 Å². The quantitative estimate of drug-likeness (QED) is 0.770. The Morgan fingerprint density at radius 1 is 1.28 bits per heavy atom. The Hall–Kier alpha value is -2.21. The van der Waals surface area contributed by atoms with Gasteiger partial charge in [-0.15, -0.1) is 11.8 Å². The number of thioether (sulfide) groups is 1. The number of furan rings is 1. The number of benzene rings is 1. The van der Waals surface area contributed by atoms with E-state index in [9.17, 15) is 9.59 Å². The van der Waals surface area contributed by atoms with E-state index >= 15 is 0 Å². The predicted molar refractivity (Wildman–Crippen MR) is 98.6 cm³/mol. The van der Waals surface area contributed by atoms with Crippen LogP contribution in [0.3, 0.4) is 0 Å². The first-order chi connectivity index (χ1) is 12.0. The normalized spacial score (nSPS) is 17.2. The third-order valence-corrected chi connectivity index (χ3v) is 5.17. The summed E-state index contributed by atoms with van der Waals surface area (Å²) in [6.45, 7) is 2.72. The fourth-order valence-corrected chi connectivity index (χ4v) is 3.49. The molecule has 0 spiro atoms. The van der Waals surface area contributed by atoms with Gasteiger partial charge in [0.05, 0.1) is 12.5 Å². The summed E-state index contributed by atoms with van der Waals surface area (Å²) in [6.07, 6.45) is 2.27. The Bertz CT molecular complexity index is 769. The molecule has 1 fully saturated rings. The van der Waals surface area contributed by atoms with Crippen LogP contribution in [0.4, 0.5) is 5.69 Å². The third kappa shape index (κ3) is 3.90. The first-order valence-corrected chi connectivity index (χ1v) is 9.45. The number of aryl methyl sites for hydroxylation is 1. The fraction of sp³-hybridized carbons (Fsp3) is 0.368. The van der Waals surface area contributed by atoms with Crippen LogP contribution < -0.4 is 4.90 Å². The average molecular weight is 358 g/mol. The van der Waals surface area contributed by atoms with Crippen LogP contribution in [0.15, 0.2) is 45.7 Å². The van der Waals surface area contributed by atoms with Crippen molar-refractivity contribution >= 4 is 29.3 Å². The van der Waals surface area contributed by atoms with Crippen LogP contribution in [0.2, 0.25) is 0 Å². The zero-order valence-corrected chi connectivity index (χ0v) is 15.5. The van der Waals surface area contributed by atoms with E-state index in [1.165, 1.54) is 0 Å². The molecule has 3 rings (SSSR count). The molecule has 132 valence electrons. The Balaban J connectivity index is 1.65. The minimum Gasteiger partial charge on any atom is -0.464 e. The zero-order valence-electron chi connectivity index (χ0n) is 14.7. The maximum Gasteiger partial charge on any atom is 0.228 e. The smallest absolute Gasteiger partial charge is 0.228 e. The van der Waals surface area contributed by atoms with Gasteiger partial charge < -0.3 is 14.2 Å². The van der Waals surface area contributed by atoms with Crippen LogP contribution in [0.25, 0.3) is 0 Å². The summed E-state index contributed by atoms with van der Waals surface area (Å²) >= 11 is 1.66. The van der Waals surface area contributed by atoms with Crippen molar-refractivity contribution in [1.82, 2.24) is 4.90 Å². The Morgan fingerprint density at radius 2 is 2.00 bits per heavy atom. The van der Waals surface area contributed by atoms with E-state index in [1.54, 1.807) is 28.6 Å². The first kappa shape index (κ1) is 17.6. The SMILES string of the molecule is CSc1ccc(N2CC(C(=O)N(C)Cc3ccc(C)o3)CC2=O)cc1. The lowest BCUT2D eigenvalue weighted by molar-refractivity contribution is -0.135. The van der Waals surface area contributed by atoms with Gasteiger partial charge in [-0.25, -0.2) is 0 Å². The minimum atomic E-state index is -0.311. The molecule has 0 aliphatic carbocycles. The van der Waals surface area contributed by atoms with Gasteiger partial charge in [0, 0.05) is 30.6 Å². The van der Waals surface area contributed by atoms with E-state index in [0.29, 0.717) is 13.1 Å². The molecule has 1 unspecified atom stereocenters. The van der Waals surface area contributed by atoms with Gasteiger partial charge in [0.2, 0.25) is 11.8 Å². The van der Waals surface area contributed by atoms with Crippen LogP contribution >= 0.6 is 11.8 Å². The molecule has 2 amide bonds. The highest BCUT2D eigenvalue weighted by Gasteiger charge is 2.36. The van der Waals surface area contributed by atoms with Gasteiger partial charge in [0.25, 0.3) is 0 Å². The van der Waals surface area contributed by atoms with E-state index in [0.717, 1.165) is 22.1 Å². The topological polar surface area (TPSA) is 53.8 Å². The van der Waals surface area contributed by atoms with Gasteiger partial charge in [-0.1, -0.05) is 0 Å². The molecule has 2 heterocycles. The van der Waals surface area contributed by atoms with Gasteiger partial charge in [0.15, 0.2) is 0 Å². The van der Waals surface area contributed by atoms with E-state index in [4.69, 9.17) is 4.42 Å². The Kier molecular flexibility index (Phi) is 5.18. The molecule has 1 aliphatic rings. The number of amides is 2. The molecule has 1 aliphatic heterocycles. The van der Waals surface area contributed by atoms with E-state index in [1.807, 2.05) is 49.6 Å². The van der Waals surface area contributed by atoms with Gasteiger partial charge in [0.1, 0.15) is 11.5 Å². The van der Waals surface area contributed by atoms with Crippen LogP contribution in [0.1, 0.15) is 17.9 Å². The molecule has 0 radical (unpaired) electrons. The van der Waals surface area contributed by atoms with Crippen molar-refractivity contribution in [3.05, 3.63) is 47.9 Å². The molecular weight excluding hydrogens is 336 g/mol. The molecule has 1 aromatic carbocycles. The van der Waals surface area contributed by atoms with Crippen molar-refractivity contribution in [1.29, 1.82) is 0 Å². The summed E-state index contributed by atoms with van der Waals surface area (Å²) in [4.78, 5) is 29.5. The lowest BCUT2D eigenvalue weighted by Gasteiger charge is -2.21. The van der Waals surface area contributed by atoms with E-state index < -0.39 is 0 Å². The van der Waals surface area contributed by atoms with Crippen molar-refractivity contribution < 1.29 is 14.0 Å². The molecular formula is C19H22N2O3S. The number of anilines is 1. The molecule has 6 heteroatoms. The summed E-state index contributed by atoms with van der Waals surface area (Å²) < 4.78 is 5.53. The molecule has 0 N–H and O–H groups in total. The maximum absolute atomic E-state index is 12.7. The highest BCUT2D eigenvalue weighted by molar-refractivity contribution is 7.98. The van der Waals surface area contributed by atoms with Gasteiger partial charge in [-0.2, -0.15) is 0 Å². The fourth-order valence-electron chi connectivity index (χ4n) is 3.08. The Morgan fingerprint density at radius 3 is 2.60 bits per heavy atom. The number of rotatable bonds is 5. The average Bonchev–Trinajstić information content (AvgIpc) is 3.20. The molecule has 1 saturated heterocycles. The number of carbonyl (C=O) groups excluding carboxylic acids is 2. The second-order valence-electron chi connectivity index (χ2n) is 6.31. The van der Waals surface area contributed by atoms with Crippen molar-refractivity contribution in [2.75, 3.05) is 24.7 Å². The van der Waals surface area contributed by atoms with E-state index in [-0.39, 0.29) is 24.2 Å². The summed E-state index contributed by atoms with van der Waals surface area (Å²) in [6, 6.07) is 11.6. The van der Waals surface area contributed by atoms with Crippen molar-refractivity contribution in [3.8, 4) is 0 Å².